The molecule has 1 amide bonds. The SMILES string of the molecule is Cn1ncc(N2CCC(C(=O)N3CCn4cccc4C3c3ccccc3)CC2)cc1=O. The van der Waals surface area contributed by atoms with Crippen molar-refractivity contribution in [2.24, 2.45) is 13.0 Å². The molecule has 0 saturated carbocycles. The number of amides is 1. The van der Waals surface area contributed by atoms with E-state index >= 15 is 0 Å². The van der Waals surface area contributed by atoms with E-state index in [0.29, 0.717) is 0 Å². The predicted octanol–water partition coefficient (Wildman–Crippen LogP) is 2.43. The summed E-state index contributed by atoms with van der Waals surface area (Å²) in [5, 5.41) is 4.13. The Labute approximate surface area is 181 Å². The number of nitrogens with zero attached hydrogens (tertiary/aromatic N) is 5. The molecule has 7 heteroatoms. The van der Waals surface area contributed by atoms with E-state index in [1.165, 1.54) is 10.4 Å². The Morgan fingerprint density at radius 1 is 1.00 bits per heavy atom. The molecular weight excluding hydrogens is 390 g/mol. The molecule has 2 aromatic heterocycles. The summed E-state index contributed by atoms with van der Waals surface area (Å²) in [5.41, 5.74) is 3.05. The normalized spacial score (nSPS) is 19.3. The molecule has 160 valence electrons. The van der Waals surface area contributed by atoms with Crippen molar-refractivity contribution in [1.29, 1.82) is 0 Å². The molecule has 3 aromatic rings. The molecular formula is C24H27N5O2. The molecule has 1 atom stereocenters. The third kappa shape index (κ3) is 3.65. The first kappa shape index (κ1) is 19.6. The number of benzene rings is 1. The van der Waals surface area contributed by atoms with E-state index < -0.39 is 0 Å². The Hall–Kier alpha value is -3.35. The number of hydrogen-bond donors (Lipinski definition) is 0. The quantitative estimate of drug-likeness (QED) is 0.657. The lowest BCUT2D eigenvalue weighted by Gasteiger charge is -2.41. The van der Waals surface area contributed by atoms with Gasteiger partial charge in [-0.1, -0.05) is 30.3 Å². The van der Waals surface area contributed by atoms with Gasteiger partial charge in [-0.15, -0.1) is 0 Å². The third-order valence-electron chi connectivity index (χ3n) is 6.60. The van der Waals surface area contributed by atoms with Crippen molar-refractivity contribution in [3.63, 3.8) is 0 Å². The smallest absolute Gasteiger partial charge is 0.268 e. The maximum atomic E-state index is 13.6. The first-order valence-electron chi connectivity index (χ1n) is 10.9. The van der Waals surface area contributed by atoms with Crippen LogP contribution in [-0.2, 0) is 18.4 Å². The van der Waals surface area contributed by atoms with Crippen LogP contribution in [0.4, 0.5) is 5.69 Å². The van der Waals surface area contributed by atoms with Gasteiger partial charge in [0.2, 0.25) is 5.91 Å². The largest absolute Gasteiger partial charge is 0.370 e. The summed E-state index contributed by atoms with van der Waals surface area (Å²) in [6, 6.07) is 16.1. The Morgan fingerprint density at radius 2 is 1.77 bits per heavy atom. The first-order valence-corrected chi connectivity index (χ1v) is 10.9. The molecule has 0 bridgehead atoms. The highest BCUT2D eigenvalue weighted by atomic mass is 16.2. The summed E-state index contributed by atoms with van der Waals surface area (Å²) in [6.07, 6.45) is 5.40. The lowest BCUT2D eigenvalue weighted by atomic mass is 9.92. The van der Waals surface area contributed by atoms with E-state index in [9.17, 15) is 9.59 Å². The van der Waals surface area contributed by atoms with Gasteiger partial charge in [0.25, 0.3) is 5.56 Å². The number of fused-ring (bicyclic) bond motifs is 1. The number of anilines is 1. The van der Waals surface area contributed by atoms with E-state index in [4.69, 9.17) is 0 Å². The van der Waals surface area contributed by atoms with Crippen LogP contribution in [0.1, 0.15) is 30.1 Å². The van der Waals surface area contributed by atoms with Gasteiger partial charge in [-0.2, -0.15) is 5.10 Å². The highest BCUT2D eigenvalue weighted by molar-refractivity contribution is 5.80. The summed E-state index contributed by atoms with van der Waals surface area (Å²) in [4.78, 5) is 29.8. The Kier molecular flexibility index (Phi) is 5.10. The molecule has 7 nitrogen and oxygen atoms in total. The minimum absolute atomic E-state index is 0.00322. The van der Waals surface area contributed by atoms with E-state index in [1.807, 2.05) is 18.2 Å². The van der Waals surface area contributed by atoms with Gasteiger partial charge < -0.3 is 14.4 Å². The van der Waals surface area contributed by atoms with E-state index in [2.05, 4.69) is 49.9 Å². The summed E-state index contributed by atoms with van der Waals surface area (Å²) < 4.78 is 3.59. The molecule has 0 aliphatic carbocycles. The molecule has 1 fully saturated rings. The van der Waals surface area contributed by atoms with Crippen molar-refractivity contribution < 1.29 is 4.79 Å². The molecule has 5 rings (SSSR count). The summed E-state index contributed by atoms with van der Waals surface area (Å²) >= 11 is 0. The van der Waals surface area contributed by atoms with Crippen molar-refractivity contribution in [2.45, 2.75) is 25.4 Å². The highest BCUT2D eigenvalue weighted by Crippen LogP contribution is 2.35. The minimum Gasteiger partial charge on any atom is -0.370 e. The van der Waals surface area contributed by atoms with Crippen molar-refractivity contribution in [1.82, 2.24) is 19.2 Å². The summed E-state index contributed by atoms with van der Waals surface area (Å²) in [7, 11) is 1.65. The van der Waals surface area contributed by atoms with Crippen LogP contribution in [0.15, 0.2) is 65.7 Å². The van der Waals surface area contributed by atoms with E-state index in [1.54, 1.807) is 19.3 Å². The van der Waals surface area contributed by atoms with Crippen LogP contribution in [0, 0.1) is 5.92 Å². The number of carbonyl (C=O) groups is 1. The molecule has 1 aromatic carbocycles. The van der Waals surface area contributed by atoms with Crippen LogP contribution in [0.2, 0.25) is 0 Å². The zero-order valence-corrected chi connectivity index (χ0v) is 17.7. The standard InChI is InChI=1S/C24H27N5O2/c1-26-22(30)16-20(17-25-26)27-12-9-19(10-13-27)24(31)29-15-14-28-11-5-8-21(28)23(29)18-6-3-2-4-7-18/h2-8,11,16-17,19,23H,9-10,12-15H2,1H3. The lowest BCUT2D eigenvalue weighted by Crippen LogP contribution is -2.47. The number of carbonyl (C=O) groups excluding carboxylic acids is 1. The van der Waals surface area contributed by atoms with E-state index in [-0.39, 0.29) is 23.4 Å². The van der Waals surface area contributed by atoms with Crippen LogP contribution in [0.3, 0.4) is 0 Å². The van der Waals surface area contributed by atoms with Crippen molar-refractivity contribution in [3.8, 4) is 0 Å². The Morgan fingerprint density at radius 3 is 2.52 bits per heavy atom. The average Bonchev–Trinajstić information content (AvgIpc) is 3.29. The Bertz CT molecular complexity index is 1130. The van der Waals surface area contributed by atoms with Gasteiger partial charge in [0.1, 0.15) is 0 Å². The van der Waals surface area contributed by atoms with Crippen molar-refractivity contribution >= 4 is 11.6 Å². The minimum atomic E-state index is -0.113. The van der Waals surface area contributed by atoms with Crippen LogP contribution in [0.5, 0.6) is 0 Å². The zero-order chi connectivity index (χ0) is 21.4. The van der Waals surface area contributed by atoms with Gasteiger partial charge in [0, 0.05) is 57.1 Å². The maximum Gasteiger partial charge on any atom is 0.268 e. The average molecular weight is 418 g/mol. The van der Waals surface area contributed by atoms with Gasteiger partial charge in [-0.3, -0.25) is 9.59 Å². The molecule has 31 heavy (non-hydrogen) atoms. The maximum absolute atomic E-state index is 13.6. The number of hydrogen-bond acceptors (Lipinski definition) is 4. The molecule has 0 spiro atoms. The van der Waals surface area contributed by atoms with Gasteiger partial charge in [0.05, 0.1) is 17.9 Å². The second-order valence-corrected chi connectivity index (χ2v) is 8.41. The lowest BCUT2D eigenvalue weighted by molar-refractivity contribution is -0.139. The fraction of sp³-hybridized carbons (Fsp3) is 0.375. The molecule has 1 unspecified atom stereocenters. The number of aromatic nitrogens is 3. The number of aryl methyl sites for hydroxylation is 1. The Balaban J connectivity index is 1.34. The molecule has 2 aliphatic rings. The zero-order valence-electron chi connectivity index (χ0n) is 17.7. The monoisotopic (exact) mass is 417 g/mol. The molecule has 2 aliphatic heterocycles. The van der Waals surface area contributed by atoms with Crippen LogP contribution in [-0.4, -0.2) is 44.8 Å². The summed E-state index contributed by atoms with van der Waals surface area (Å²) in [5.74, 6) is 0.242. The van der Waals surface area contributed by atoms with Crippen LogP contribution in [0.25, 0.3) is 0 Å². The van der Waals surface area contributed by atoms with Crippen molar-refractivity contribution in [2.75, 3.05) is 24.5 Å². The van der Waals surface area contributed by atoms with E-state index in [0.717, 1.165) is 50.3 Å². The fourth-order valence-corrected chi connectivity index (χ4v) is 4.86. The number of piperidine rings is 1. The highest BCUT2D eigenvalue weighted by Gasteiger charge is 2.36. The van der Waals surface area contributed by atoms with Crippen LogP contribution >= 0.6 is 0 Å². The first-order chi connectivity index (χ1) is 15.1. The second-order valence-electron chi connectivity index (χ2n) is 8.41. The fourth-order valence-electron chi connectivity index (χ4n) is 4.86. The molecule has 1 saturated heterocycles. The topological polar surface area (TPSA) is 63.4 Å². The van der Waals surface area contributed by atoms with Gasteiger partial charge in [-0.05, 0) is 30.5 Å². The van der Waals surface area contributed by atoms with Crippen LogP contribution < -0.4 is 10.5 Å². The predicted molar refractivity (Wildman–Crippen MR) is 119 cm³/mol. The van der Waals surface area contributed by atoms with Crippen molar-refractivity contribution in [3.05, 3.63) is 82.5 Å². The molecule has 4 heterocycles. The summed E-state index contributed by atoms with van der Waals surface area (Å²) in [6.45, 7) is 3.06. The molecule has 0 radical (unpaired) electrons. The third-order valence-corrected chi connectivity index (χ3v) is 6.60. The van der Waals surface area contributed by atoms with Gasteiger partial charge in [-0.25, -0.2) is 4.68 Å². The van der Waals surface area contributed by atoms with Gasteiger partial charge in [0.15, 0.2) is 0 Å². The molecule has 0 N–H and O–H groups in total. The second kappa shape index (κ2) is 8.06. The van der Waals surface area contributed by atoms with Gasteiger partial charge >= 0.3 is 0 Å². The number of rotatable bonds is 3.